The molecule has 0 fully saturated rings. The van der Waals surface area contributed by atoms with Gasteiger partial charge in [-0.3, -0.25) is 0 Å². The lowest BCUT2D eigenvalue weighted by molar-refractivity contribution is 0.403. The van der Waals surface area contributed by atoms with Gasteiger partial charge >= 0.3 is 0 Å². The van der Waals surface area contributed by atoms with Crippen molar-refractivity contribution in [1.82, 2.24) is 0 Å². The van der Waals surface area contributed by atoms with Crippen LogP contribution in [-0.4, -0.2) is 7.11 Å². The molecule has 0 N–H and O–H groups in total. The molecular weight excluding hydrogens is 364 g/mol. The van der Waals surface area contributed by atoms with Gasteiger partial charge in [0, 0.05) is 21.6 Å². The predicted molar refractivity (Wildman–Crippen MR) is 119 cm³/mol. The summed E-state index contributed by atoms with van der Waals surface area (Å²) in [5.41, 5.74) is 7.16. The zero-order valence-electron chi connectivity index (χ0n) is 16.2. The van der Waals surface area contributed by atoms with Gasteiger partial charge in [-0.25, -0.2) is 0 Å². The highest BCUT2D eigenvalue weighted by molar-refractivity contribution is 6.33. The number of halogens is 1. The predicted octanol–water partition coefficient (Wildman–Crippen LogP) is 7.48. The van der Waals surface area contributed by atoms with E-state index in [2.05, 4.69) is 68.4 Å². The van der Waals surface area contributed by atoms with Gasteiger partial charge in [0.2, 0.25) is 0 Å². The van der Waals surface area contributed by atoms with Gasteiger partial charge in [0.25, 0.3) is 0 Å². The third-order valence-electron chi connectivity index (χ3n) is 6.03. The number of benzene rings is 4. The van der Waals surface area contributed by atoms with Crippen LogP contribution in [0.1, 0.15) is 25.0 Å². The number of hydrogen-bond acceptors (Lipinski definition) is 1. The van der Waals surface area contributed by atoms with E-state index in [1.165, 1.54) is 33.0 Å². The Hall–Kier alpha value is -2.77. The van der Waals surface area contributed by atoms with Crippen molar-refractivity contribution in [2.45, 2.75) is 19.3 Å². The Bertz CT molecular complexity index is 1240. The summed E-state index contributed by atoms with van der Waals surface area (Å²) in [7, 11) is 1.75. The lowest BCUT2D eigenvalue weighted by atomic mass is 9.81. The molecule has 0 unspecified atom stereocenters. The van der Waals surface area contributed by atoms with Crippen LogP contribution in [0.4, 0.5) is 0 Å². The Morgan fingerprint density at radius 3 is 2.29 bits per heavy atom. The molecule has 0 radical (unpaired) electrons. The minimum atomic E-state index is -0.155. The van der Waals surface area contributed by atoms with Crippen molar-refractivity contribution in [2.24, 2.45) is 0 Å². The maximum atomic E-state index is 6.62. The summed E-state index contributed by atoms with van der Waals surface area (Å²) in [6, 6.07) is 25.4. The van der Waals surface area contributed by atoms with E-state index >= 15 is 0 Å². The number of rotatable bonds is 2. The molecule has 0 atom stereocenters. The van der Waals surface area contributed by atoms with Gasteiger partial charge in [-0.05, 0) is 51.2 Å². The fourth-order valence-corrected chi connectivity index (χ4v) is 4.97. The molecule has 2 heteroatoms. The van der Waals surface area contributed by atoms with Crippen LogP contribution in [-0.2, 0) is 5.41 Å². The maximum absolute atomic E-state index is 6.62. The molecule has 1 aliphatic rings. The quantitative estimate of drug-likeness (QED) is 0.348. The summed E-state index contributed by atoms with van der Waals surface area (Å²) >= 11 is 6.62. The van der Waals surface area contributed by atoms with Gasteiger partial charge in [-0.1, -0.05) is 80.0 Å². The minimum Gasteiger partial charge on any atom is -0.496 e. The first-order valence-corrected chi connectivity index (χ1v) is 9.91. The van der Waals surface area contributed by atoms with Crippen molar-refractivity contribution >= 4 is 22.4 Å². The molecule has 4 aromatic carbocycles. The molecule has 1 aliphatic carbocycles. The van der Waals surface area contributed by atoms with Crippen molar-refractivity contribution in [3.8, 4) is 28.0 Å². The first-order chi connectivity index (χ1) is 13.5. The third kappa shape index (κ3) is 2.26. The van der Waals surface area contributed by atoms with E-state index in [9.17, 15) is 0 Å². The fraction of sp³-hybridized carbons (Fsp3) is 0.154. The molecule has 28 heavy (non-hydrogen) atoms. The SMILES string of the molecule is COc1ccc(-c2ccccc2Cl)c2c1C(C)(C)c1ccc3ccccc3c1-2. The zero-order chi connectivity index (χ0) is 19.5. The minimum absolute atomic E-state index is 0.155. The van der Waals surface area contributed by atoms with Gasteiger partial charge in [0.15, 0.2) is 0 Å². The standard InChI is InChI=1S/C26H21ClO/c1-26(2)20-14-12-16-8-4-5-9-17(16)23(20)24-19(13-15-22(28-3)25(24)26)18-10-6-7-11-21(18)27/h4-15H,1-3H3. The third-order valence-corrected chi connectivity index (χ3v) is 6.36. The zero-order valence-corrected chi connectivity index (χ0v) is 17.0. The molecule has 4 aromatic rings. The second kappa shape index (κ2) is 6.12. The van der Waals surface area contributed by atoms with Crippen LogP contribution < -0.4 is 4.74 Å². The van der Waals surface area contributed by atoms with Gasteiger partial charge in [0.05, 0.1) is 7.11 Å². The van der Waals surface area contributed by atoms with Crippen LogP contribution in [0.15, 0.2) is 72.8 Å². The molecule has 0 saturated carbocycles. The normalized spacial score (nSPS) is 14.0. The second-order valence-corrected chi connectivity index (χ2v) is 8.29. The number of hydrogen-bond donors (Lipinski definition) is 0. The highest BCUT2D eigenvalue weighted by atomic mass is 35.5. The maximum Gasteiger partial charge on any atom is 0.123 e. The summed E-state index contributed by atoms with van der Waals surface area (Å²) in [5.74, 6) is 0.927. The first kappa shape index (κ1) is 17.3. The number of fused-ring (bicyclic) bond motifs is 5. The molecular formula is C26H21ClO. The van der Waals surface area contributed by atoms with E-state index in [1.54, 1.807) is 7.11 Å². The lowest BCUT2D eigenvalue weighted by Crippen LogP contribution is -2.16. The lowest BCUT2D eigenvalue weighted by Gasteiger charge is -2.24. The molecule has 5 rings (SSSR count). The van der Waals surface area contributed by atoms with E-state index in [0.717, 1.165) is 21.9 Å². The summed E-state index contributed by atoms with van der Waals surface area (Å²) in [4.78, 5) is 0. The molecule has 0 aromatic heterocycles. The smallest absolute Gasteiger partial charge is 0.123 e. The molecule has 0 aliphatic heterocycles. The largest absolute Gasteiger partial charge is 0.496 e. The Kier molecular flexibility index (Phi) is 3.79. The molecule has 0 amide bonds. The Labute approximate surface area is 170 Å². The molecule has 1 nitrogen and oxygen atoms in total. The van der Waals surface area contributed by atoms with Gasteiger partial charge in [-0.2, -0.15) is 0 Å². The van der Waals surface area contributed by atoms with Crippen LogP contribution in [0.3, 0.4) is 0 Å². The summed E-state index contributed by atoms with van der Waals surface area (Å²) in [5, 5.41) is 3.28. The average molecular weight is 385 g/mol. The molecule has 138 valence electrons. The summed E-state index contributed by atoms with van der Waals surface area (Å²) in [6.07, 6.45) is 0. The van der Waals surface area contributed by atoms with Crippen molar-refractivity contribution in [2.75, 3.05) is 7.11 Å². The molecule has 0 saturated heterocycles. The topological polar surface area (TPSA) is 9.23 Å². The Balaban J connectivity index is 1.99. The van der Waals surface area contributed by atoms with Gasteiger partial charge < -0.3 is 4.74 Å². The fourth-order valence-electron chi connectivity index (χ4n) is 4.73. The summed E-state index contributed by atoms with van der Waals surface area (Å²) < 4.78 is 5.82. The van der Waals surface area contributed by atoms with Crippen molar-refractivity contribution in [3.63, 3.8) is 0 Å². The van der Waals surface area contributed by atoms with Gasteiger partial charge in [0.1, 0.15) is 5.75 Å². The number of ether oxygens (including phenoxy) is 1. The van der Waals surface area contributed by atoms with Crippen LogP contribution in [0.5, 0.6) is 5.75 Å². The van der Waals surface area contributed by atoms with Gasteiger partial charge in [-0.15, -0.1) is 0 Å². The first-order valence-electron chi connectivity index (χ1n) is 9.53. The Morgan fingerprint density at radius 2 is 1.50 bits per heavy atom. The van der Waals surface area contributed by atoms with Crippen molar-refractivity contribution in [3.05, 3.63) is 88.9 Å². The van der Waals surface area contributed by atoms with Crippen LogP contribution >= 0.6 is 11.6 Å². The highest BCUT2D eigenvalue weighted by Gasteiger charge is 2.40. The van der Waals surface area contributed by atoms with E-state index < -0.39 is 0 Å². The molecule has 0 spiro atoms. The van der Waals surface area contributed by atoms with E-state index in [4.69, 9.17) is 16.3 Å². The van der Waals surface area contributed by atoms with Crippen molar-refractivity contribution < 1.29 is 4.74 Å². The van der Waals surface area contributed by atoms with Crippen LogP contribution in [0.2, 0.25) is 5.02 Å². The Morgan fingerprint density at radius 1 is 0.750 bits per heavy atom. The highest BCUT2D eigenvalue weighted by Crippen LogP contribution is 2.57. The van der Waals surface area contributed by atoms with Crippen LogP contribution in [0.25, 0.3) is 33.0 Å². The van der Waals surface area contributed by atoms with E-state index in [0.29, 0.717) is 0 Å². The van der Waals surface area contributed by atoms with E-state index in [-0.39, 0.29) is 5.41 Å². The molecule has 0 heterocycles. The number of methoxy groups -OCH3 is 1. The van der Waals surface area contributed by atoms with E-state index in [1.807, 2.05) is 18.2 Å². The second-order valence-electron chi connectivity index (χ2n) is 7.88. The van der Waals surface area contributed by atoms with Crippen LogP contribution in [0, 0.1) is 0 Å². The summed E-state index contributed by atoms with van der Waals surface area (Å²) in [6.45, 7) is 4.57. The average Bonchev–Trinajstić information content (AvgIpc) is 2.96. The molecule has 0 bridgehead atoms. The monoisotopic (exact) mass is 384 g/mol. The van der Waals surface area contributed by atoms with Crippen molar-refractivity contribution in [1.29, 1.82) is 0 Å².